The molecule has 0 heterocycles. The van der Waals surface area contributed by atoms with Crippen LogP contribution in [0.5, 0.6) is 5.75 Å². The van der Waals surface area contributed by atoms with Crippen molar-refractivity contribution in [3.05, 3.63) is 84.2 Å². The molecule has 1 radical (unpaired) electrons. The summed E-state index contributed by atoms with van der Waals surface area (Å²) < 4.78 is 82.2. The quantitative estimate of drug-likeness (QED) is 0.444. The fourth-order valence-corrected chi connectivity index (χ4v) is 2.64. The summed E-state index contributed by atoms with van der Waals surface area (Å²) in [7, 11) is 0. The molecule has 0 fully saturated rings. The van der Waals surface area contributed by atoms with Crippen molar-refractivity contribution < 1.29 is 31.1 Å². The van der Waals surface area contributed by atoms with Crippen LogP contribution in [0.25, 0.3) is 28.3 Å². The van der Waals surface area contributed by atoms with E-state index in [-0.39, 0.29) is 11.1 Å². The number of rotatable bonds is 4. The normalized spacial score (nSPS) is 11.4. The molecule has 0 amide bonds. The van der Waals surface area contributed by atoms with Gasteiger partial charge in [-0.2, -0.15) is 0 Å². The van der Waals surface area contributed by atoms with Crippen LogP contribution in [0, 0.1) is 24.0 Å². The van der Waals surface area contributed by atoms with Gasteiger partial charge >= 0.3 is 6.36 Å². The predicted octanol–water partition coefficient (Wildman–Crippen LogP) is 6.78. The van der Waals surface area contributed by atoms with Gasteiger partial charge in [-0.1, -0.05) is 49.1 Å². The topological polar surface area (TPSA) is 9.23 Å². The average molecular weight is 393 g/mol. The minimum atomic E-state index is -5.26. The number of halogens is 6. The van der Waals surface area contributed by atoms with Gasteiger partial charge in [-0.15, -0.1) is 13.2 Å². The first-order chi connectivity index (χ1) is 13.2. The molecule has 28 heavy (non-hydrogen) atoms. The summed E-state index contributed by atoms with van der Waals surface area (Å²) in [5.74, 6) is -5.57. The summed E-state index contributed by atoms with van der Waals surface area (Å²) in [5, 5.41) is 0. The molecule has 3 aromatic rings. The van der Waals surface area contributed by atoms with Crippen LogP contribution in [-0.4, -0.2) is 6.36 Å². The van der Waals surface area contributed by atoms with Crippen molar-refractivity contribution in [2.45, 2.75) is 6.36 Å². The lowest BCUT2D eigenvalue weighted by atomic mass is 9.98. The molecule has 0 aliphatic heterocycles. The molecule has 1 nitrogen and oxygen atoms in total. The van der Waals surface area contributed by atoms with Crippen molar-refractivity contribution in [2.75, 3.05) is 0 Å². The van der Waals surface area contributed by atoms with Gasteiger partial charge in [0.2, 0.25) is 5.75 Å². The highest BCUT2D eigenvalue weighted by molar-refractivity contribution is 5.72. The minimum Gasteiger partial charge on any atom is -0.399 e. The van der Waals surface area contributed by atoms with Crippen LogP contribution in [0.1, 0.15) is 5.56 Å². The molecule has 0 aliphatic carbocycles. The zero-order valence-corrected chi connectivity index (χ0v) is 14.0. The summed E-state index contributed by atoms with van der Waals surface area (Å²) in [6.07, 6.45) is -3.85. The van der Waals surface area contributed by atoms with Crippen molar-refractivity contribution in [1.29, 1.82) is 0 Å². The van der Waals surface area contributed by atoms with E-state index in [2.05, 4.69) is 4.74 Å². The molecule has 0 N–H and O–H groups in total. The van der Waals surface area contributed by atoms with Crippen LogP contribution < -0.4 is 4.74 Å². The highest BCUT2D eigenvalue weighted by atomic mass is 19.4. The Labute approximate surface area is 156 Å². The van der Waals surface area contributed by atoms with E-state index in [0.29, 0.717) is 23.3 Å². The zero-order chi connectivity index (χ0) is 20.5. The molecule has 3 aromatic carbocycles. The second kappa shape index (κ2) is 7.42. The van der Waals surface area contributed by atoms with Gasteiger partial charge in [0, 0.05) is 5.56 Å². The standard InChI is InChI=1S/C21H11F6O/c1-2-12-3-5-13(6-4-12)14-7-8-16(17(22)9-14)15-10-18(23)20(19(24)11-15)28-21(25,26)27/h1-11H. The monoisotopic (exact) mass is 393 g/mol. The third-order valence-electron chi connectivity index (χ3n) is 3.93. The van der Waals surface area contributed by atoms with Crippen LogP contribution in [0.4, 0.5) is 26.3 Å². The average Bonchev–Trinajstić information content (AvgIpc) is 2.64. The van der Waals surface area contributed by atoms with Gasteiger partial charge in [0.1, 0.15) is 5.82 Å². The molecule has 7 heteroatoms. The highest BCUT2D eigenvalue weighted by Gasteiger charge is 2.34. The first-order valence-corrected chi connectivity index (χ1v) is 7.88. The Morgan fingerprint density at radius 1 is 0.714 bits per heavy atom. The van der Waals surface area contributed by atoms with Crippen LogP contribution in [-0.2, 0) is 0 Å². The Bertz CT molecular complexity index is 999. The van der Waals surface area contributed by atoms with Crippen molar-refractivity contribution in [1.82, 2.24) is 0 Å². The Kier molecular flexibility index (Phi) is 5.18. The van der Waals surface area contributed by atoms with E-state index in [0.717, 1.165) is 11.6 Å². The molecular weight excluding hydrogens is 382 g/mol. The predicted molar refractivity (Wildman–Crippen MR) is 92.6 cm³/mol. The molecule has 3 rings (SSSR count). The van der Waals surface area contributed by atoms with Gasteiger partial charge < -0.3 is 4.74 Å². The first-order valence-electron chi connectivity index (χ1n) is 7.88. The smallest absolute Gasteiger partial charge is 0.399 e. The highest BCUT2D eigenvalue weighted by Crippen LogP contribution is 2.34. The fraction of sp³-hybridized carbons (Fsp3) is 0.0476. The largest absolute Gasteiger partial charge is 0.573 e. The van der Waals surface area contributed by atoms with Crippen LogP contribution in [0.3, 0.4) is 0 Å². The maximum Gasteiger partial charge on any atom is 0.573 e. The molecule has 0 aliphatic rings. The zero-order valence-electron chi connectivity index (χ0n) is 14.0. The van der Waals surface area contributed by atoms with E-state index in [4.69, 9.17) is 6.58 Å². The van der Waals surface area contributed by atoms with Crippen LogP contribution >= 0.6 is 0 Å². The molecule has 0 bridgehead atoms. The lowest BCUT2D eigenvalue weighted by Gasteiger charge is -2.13. The SMILES string of the molecule is [CH]=Cc1ccc(-c2ccc(-c3cc(F)c(OC(F)(F)F)c(F)c3)c(F)c2)cc1. The van der Waals surface area contributed by atoms with Gasteiger partial charge in [-0.05, 0) is 40.5 Å². The molecule has 0 unspecified atom stereocenters. The second-order valence-corrected chi connectivity index (χ2v) is 5.80. The van der Waals surface area contributed by atoms with Crippen molar-refractivity contribution in [3.8, 4) is 28.0 Å². The van der Waals surface area contributed by atoms with E-state index >= 15 is 0 Å². The maximum absolute atomic E-state index is 14.5. The van der Waals surface area contributed by atoms with Gasteiger partial charge in [0.05, 0.1) is 0 Å². The molecule has 0 atom stereocenters. The molecule has 0 saturated heterocycles. The third-order valence-corrected chi connectivity index (χ3v) is 3.93. The molecule has 0 saturated carbocycles. The van der Waals surface area contributed by atoms with Gasteiger partial charge in [-0.25, -0.2) is 13.2 Å². The Balaban J connectivity index is 1.97. The maximum atomic E-state index is 14.5. The number of hydrogen-bond acceptors (Lipinski definition) is 1. The van der Waals surface area contributed by atoms with Crippen LogP contribution in [0.2, 0.25) is 0 Å². The fourth-order valence-electron chi connectivity index (χ4n) is 2.64. The van der Waals surface area contributed by atoms with Gasteiger partial charge in [0.25, 0.3) is 0 Å². The molecule has 0 aromatic heterocycles. The summed E-state index contributed by atoms with van der Waals surface area (Å²) in [6, 6.07) is 12.0. The molecule has 0 spiro atoms. The third kappa shape index (κ3) is 4.19. The summed E-state index contributed by atoms with van der Waals surface area (Å²) in [4.78, 5) is 0. The molecule has 143 valence electrons. The van der Waals surface area contributed by atoms with E-state index in [1.54, 1.807) is 24.3 Å². The lowest BCUT2D eigenvalue weighted by molar-refractivity contribution is -0.276. The van der Waals surface area contributed by atoms with Crippen molar-refractivity contribution >= 4 is 6.08 Å². The number of benzene rings is 3. The van der Waals surface area contributed by atoms with E-state index in [1.807, 2.05) is 0 Å². The summed E-state index contributed by atoms with van der Waals surface area (Å²) in [6.45, 7) is 5.40. The number of hydrogen-bond donors (Lipinski definition) is 0. The first kappa shape index (κ1) is 19.5. The van der Waals surface area contributed by atoms with Crippen molar-refractivity contribution in [3.63, 3.8) is 0 Å². The number of ether oxygens (including phenoxy) is 1. The lowest BCUT2D eigenvalue weighted by Crippen LogP contribution is -2.19. The van der Waals surface area contributed by atoms with Crippen LogP contribution in [0.15, 0.2) is 54.6 Å². The summed E-state index contributed by atoms with van der Waals surface area (Å²) in [5.41, 5.74) is 1.52. The summed E-state index contributed by atoms with van der Waals surface area (Å²) >= 11 is 0. The Morgan fingerprint density at radius 2 is 1.25 bits per heavy atom. The number of alkyl halides is 3. The van der Waals surface area contributed by atoms with Crippen molar-refractivity contribution in [2.24, 2.45) is 0 Å². The van der Waals surface area contributed by atoms with Gasteiger partial charge in [-0.3, -0.25) is 0 Å². The van der Waals surface area contributed by atoms with E-state index < -0.39 is 29.6 Å². The molecular formula is C21H11F6O. The minimum absolute atomic E-state index is 0.174. The second-order valence-electron chi connectivity index (χ2n) is 5.80. The van der Waals surface area contributed by atoms with Gasteiger partial charge in [0.15, 0.2) is 11.6 Å². The Hall–Kier alpha value is -3.22. The Morgan fingerprint density at radius 3 is 1.75 bits per heavy atom. The van der Waals surface area contributed by atoms with E-state index in [1.165, 1.54) is 18.2 Å². The van der Waals surface area contributed by atoms with E-state index in [9.17, 15) is 26.3 Å².